The number of carbonyl (C=O) groups is 1. The molecule has 0 saturated carbocycles. The van der Waals surface area contributed by atoms with E-state index >= 15 is 0 Å². The molecule has 2 aliphatic rings. The number of β-amino-alcohol motifs (C(OH)–C–C–N with tert-alkyl or cyclic N) is 1. The summed E-state index contributed by atoms with van der Waals surface area (Å²) in [6.07, 6.45) is 0.878. The number of rotatable bonds is 4. The average Bonchev–Trinajstić information content (AvgIpc) is 2.61. The van der Waals surface area contributed by atoms with Gasteiger partial charge in [0.15, 0.2) is 0 Å². The fourth-order valence-corrected chi connectivity index (χ4v) is 3.52. The molecular formula is C18H26N2O4. The molecule has 132 valence electrons. The van der Waals surface area contributed by atoms with E-state index in [-0.39, 0.29) is 30.5 Å². The Hall–Kier alpha value is -1.63. The van der Waals surface area contributed by atoms with Crippen LogP contribution in [0, 0.1) is 5.92 Å². The van der Waals surface area contributed by atoms with Crippen molar-refractivity contribution in [2.45, 2.75) is 38.0 Å². The van der Waals surface area contributed by atoms with E-state index in [9.17, 15) is 15.0 Å². The van der Waals surface area contributed by atoms with Crippen LogP contribution in [0.3, 0.4) is 0 Å². The number of nitrogens with one attached hydrogen (secondary N) is 1. The van der Waals surface area contributed by atoms with Crippen molar-refractivity contribution in [2.75, 3.05) is 26.3 Å². The molecule has 1 aromatic rings. The molecule has 0 unspecified atom stereocenters. The quantitative estimate of drug-likeness (QED) is 0.755. The van der Waals surface area contributed by atoms with E-state index in [0.29, 0.717) is 26.1 Å². The van der Waals surface area contributed by atoms with Crippen LogP contribution in [-0.4, -0.2) is 59.5 Å². The molecule has 2 aliphatic heterocycles. The third-order valence-corrected chi connectivity index (χ3v) is 5.19. The van der Waals surface area contributed by atoms with Crippen molar-refractivity contribution >= 4 is 5.91 Å². The average molecular weight is 334 g/mol. The van der Waals surface area contributed by atoms with Crippen LogP contribution < -0.4 is 10.1 Å². The number of para-hydroxylation sites is 1. The number of amides is 1. The summed E-state index contributed by atoms with van der Waals surface area (Å²) < 4.78 is 5.63. The van der Waals surface area contributed by atoms with Gasteiger partial charge in [0.2, 0.25) is 5.91 Å². The first kappa shape index (κ1) is 17.2. The first-order valence-corrected chi connectivity index (χ1v) is 8.65. The van der Waals surface area contributed by atoms with Crippen LogP contribution in [0.4, 0.5) is 0 Å². The first-order valence-electron chi connectivity index (χ1n) is 8.65. The number of aliphatic hydroxyl groups is 2. The van der Waals surface area contributed by atoms with Gasteiger partial charge >= 0.3 is 0 Å². The Morgan fingerprint density at radius 2 is 2.21 bits per heavy atom. The van der Waals surface area contributed by atoms with Crippen molar-refractivity contribution in [3.63, 3.8) is 0 Å². The molecule has 0 radical (unpaired) electrons. The molecule has 0 bridgehead atoms. The second kappa shape index (κ2) is 7.51. The largest absolute Gasteiger partial charge is 0.493 e. The lowest BCUT2D eigenvalue weighted by Gasteiger charge is -2.38. The summed E-state index contributed by atoms with van der Waals surface area (Å²) in [5.41, 5.74) is 1.02. The SMILES string of the molecule is C[C@H](C(=O)N[C@@H]1CCOc2ccccc21)N1CC[C@H](CO)[C@H](O)C1. The van der Waals surface area contributed by atoms with Gasteiger partial charge in [0.1, 0.15) is 5.75 Å². The van der Waals surface area contributed by atoms with Gasteiger partial charge < -0.3 is 20.3 Å². The van der Waals surface area contributed by atoms with Crippen LogP contribution in [0.25, 0.3) is 0 Å². The molecule has 2 heterocycles. The van der Waals surface area contributed by atoms with Gasteiger partial charge in [-0.25, -0.2) is 0 Å². The molecule has 24 heavy (non-hydrogen) atoms. The number of fused-ring (bicyclic) bond motifs is 1. The molecule has 4 atom stereocenters. The third kappa shape index (κ3) is 3.55. The van der Waals surface area contributed by atoms with Crippen molar-refractivity contribution in [3.8, 4) is 5.75 Å². The van der Waals surface area contributed by atoms with Crippen LogP contribution in [0.2, 0.25) is 0 Å². The fraction of sp³-hybridized carbons (Fsp3) is 0.611. The Bertz CT molecular complexity index is 580. The highest BCUT2D eigenvalue weighted by Crippen LogP contribution is 2.31. The molecule has 6 nitrogen and oxygen atoms in total. The molecule has 0 aromatic heterocycles. The maximum Gasteiger partial charge on any atom is 0.237 e. The lowest BCUT2D eigenvalue weighted by atomic mass is 9.93. The van der Waals surface area contributed by atoms with Gasteiger partial charge in [-0.1, -0.05) is 18.2 Å². The molecule has 1 fully saturated rings. The molecule has 0 spiro atoms. The first-order chi connectivity index (χ1) is 11.6. The molecular weight excluding hydrogens is 308 g/mol. The fourth-order valence-electron chi connectivity index (χ4n) is 3.52. The Labute approximate surface area is 142 Å². The monoisotopic (exact) mass is 334 g/mol. The minimum atomic E-state index is -0.581. The van der Waals surface area contributed by atoms with Gasteiger partial charge in [-0.05, 0) is 26.0 Å². The molecule has 0 aliphatic carbocycles. The zero-order chi connectivity index (χ0) is 17.1. The number of ether oxygens (including phenoxy) is 1. The zero-order valence-corrected chi connectivity index (χ0v) is 14.0. The summed E-state index contributed by atoms with van der Waals surface area (Å²) in [6, 6.07) is 7.44. The normalized spacial score (nSPS) is 28.5. The smallest absolute Gasteiger partial charge is 0.237 e. The van der Waals surface area contributed by atoms with Crippen molar-refractivity contribution < 1.29 is 19.7 Å². The van der Waals surface area contributed by atoms with Gasteiger partial charge in [-0.15, -0.1) is 0 Å². The van der Waals surface area contributed by atoms with Gasteiger partial charge in [-0.3, -0.25) is 9.69 Å². The van der Waals surface area contributed by atoms with Crippen molar-refractivity contribution in [1.29, 1.82) is 0 Å². The van der Waals surface area contributed by atoms with E-state index in [1.54, 1.807) is 0 Å². The Kier molecular flexibility index (Phi) is 5.38. The van der Waals surface area contributed by atoms with Gasteiger partial charge in [0.05, 0.1) is 24.8 Å². The minimum Gasteiger partial charge on any atom is -0.493 e. The highest BCUT2D eigenvalue weighted by Gasteiger charge is 2.33. The minimum absolute atomic E-state index is 0.00551. The molecule has 1 aromatic carbocycles. The van der Waals surface area contributed by atoms with Crippen LogP contribution in [-0.2, 0) is 4.79 Å². The molecule has 6 heteroatoms. The number of piperidine rings is 1. The second-order valence-electron chi connectivity index (χ2n) is 6.71. The predicted octanol–water partition coefficient (Wildman–Crippen LogP) is 0.690. The van der Waals surface area contributed by atoms with Crippen LogP contribution >= 0.6 is 0 Å². The van der Waals surface area contributed by atoms with E-state index in [4.69, 9.17) is 4.74 Å². The number of benzene rings is 1. The highest BCUT2D eigenvalue weighted by atomic mass is 16.5. The van der Waals surface area contributed by atoms with Gasteiger partial charge in [0.25, 0.3) is 0 Å². The summed E-state index contributed by atoms with van der Waals surface area (Å²) in [5, 5.41) is 22.4. The van der Waals surface area contributed by atoms with E-state index in [2.05, 4.69) is 5.32 Å². The number of nitrogens with zero attached hydrogens (tertiary/aromatic N) is 1. The lowest BCUT2D eigenvalue weighted by molar-refractivity contribution is -0.128. The predicted molar refractivity (Wildman–Crippen MR) is 89.7 cm³/mol. The zero-order valence-electron chi connectivity index (χ0n) is 14.0. The summed E-state index contributed by atoms with van der Waals surface area (Å²) in [5.74, 6) is 0.714. The lowest BCUT2D eigenvalue weighted by Crippen LogP contribution is -2.53. The maximum absolute atomic E-state index is 12.7. The van der Waals surface area contributed by atoms with Crippen molar-refractivity contribution in [1.82, 2.24) is 10.2 Å². The van der Waals surface area contributed by atoms with Crippen LogP contribution in [0.1, 0.15) is 31.4 Å². The van der Waals surface area contributed by atoms with Gasteiger partial charge in [0, 0.05) is 31.1 Å². The Morgan fingerprint density at radius 3 is 2.96 bits per heavy atom. The number of carbonyl (C=O) groups excluding carboxylic acids is 1. The van der Waals surface area contributed by atoms with E-state index in [0.717, 1.165) is 17.7 Å². The van der Waals surface area contributed by atoms with E-state index in [1.165, 1.54) is 0 Å². The summed E-state index contributed by atoms with van der Waals surface area (Å²) in [6.45, 7) is 3.59. The Morgan fingerprint density at radius 1 is 1.42 bits per heavy atom. The molecule has 3 rings (SSSR count). The molecule has 3 N–H and O–H groups in total. The summed E-state index contributed by atoms with van der Waals surface area (Å²) >= 11 is 0. The van der Waals surface area contributed by atoms with Crippen LogP contribution in [0.15, 0.2) is 24.3 Å². The number of hydrogen-bond acceptors (Lipinski definition) is 5. The van der Waals surface area contributed by atoms with Crippen LogP contribution in [0.5, 0.6) is 5.75 Å². The Balaban J connectivity index is 1.61. The maximum atomic E-state index is 12.7. The van der Waals surface area contributed by atoms with Crippen molar-refractivity contribution in [3.05, 3.63) is 29.8 Å². The summed E-state index contributed by atoms with van der Waals surface area (Å²) in [4.78, 5) is 14.6. The van der Waals surface area contributed by atoms with E-state index in [1.807, 2.05) is 36.1 Å². The second-order valence-corrected chi connectivity index (χ2v) is 6.71. The standard InChI is InChI=1S/C18H26N2O4/c1-12(20-8-6-13(11-21)16(22)10-20)18(23)19-15-7-9-24-17-5-3-2-4-14(15)17/h2-5,12-13,15-16,21-22H,6-11H2,1H3,(H,19,23)/t12-,13-,15-,16-/m1/s1. The van der Waals surface area contributed by atoms with Gasteiger partial charge in [-0.2, -0.15) is 0 Å². The highest BCUT2D eigenvalue weighted by molar-refractivity contribution is 5.82. The molecule has 1 amide bonds. The molecule has 1 saturated heterocycles. The topological polar surface area (TPSA) is 82.0 Å². The number of likely N-dealkylation sites (tertiary alicyclic amines) is 1. The van der Waals surface area contributed by atoms with Crippen molar-refractivity contribution in [2.24, 2.45) is 5.92 Å². The number of aliphatic hydroxyl groups excluding tert-OH is 2. The van der Waals surface area contributed by atoms with E-state index < -0.39 is 6.10 Å². The summed E-state index contributed by atoms with van der Waals surface area (Å²) in [7, 11) is 0. The third-order valence-electron chi connectivity index (χ3n) is 5.19. The number of hydrogen-bond donors (Lipinski definition) is 3.